The van der Waals surface area contributed by atoms with E-state index in [-0.39, 0.29) is 11.0 Å². The van der Waals surface area contributed by atoms with Crippen LogP contribution in [0.15, 0.2) is 12.1 Å². The Bertz CT molecular complexity index is 325. The summed E-state index contributed by atoms with van der Waals surface area (Å²) in [5.41, 5.74) is -0.802. The predicted octanol–water partition coefficient (Wildman–Crippen LogP) is 3.19. The number of nitrogens with one attached hydrogen (secondary N) is 1. The van der Waals surface area contributed by atoms with Crippen molar-refractivity contribution < 1.29 is 13.2 Å². The van der Waals surface area contributed by atoms with Crippen LogP contribution in [-0.2, 0) is 6.18 Å². The van der Waals surface area contributed by atoms with Gasteiger partial charge in [0, 0.05) is 6.54 Å². The van der Waals surface area contributed by atoms with Gasteiger partial charge in [-0.25, -0.2) is 4.98 Å². The summed E-state index contributed by atoms with van der Waals surface area (Å²) in [7, 11) is 0. The van der Waals surface area contributed by atoms with Gasteiger partial charge in [-0.15, -0.1) is 0 Å². The Morgan fingerprint density at radius 3 is 2.57 bits per heavy atom. The SMILES string of the molecule is CCNc1nc(Cl)ccc1C(F)(F)F. The topological polar surface area (TPSA) is 24.9 Å². The van der Waals surface area contributed by atoms with Crippen LogP contribution in [0.3, 0.4) is 0 Å². The van der Waals surface area contributed by atoms with Crippen LogP contribution in [0.2, 0.25) is 5.15 Å². The minimum absolute atomic E-state index is 0.0361. The van der Waals surface area contributed by atoms with Crippen LogP contribution in [0.4, 0.5) is 19.0 Å². The molecule has 14 heavy (non-hydrogen) atoms. The van der Waals surface area contributed by atoms with Crippen LogP contribution >= 0.6 is 11.6 Å². The van der Waals surface area contributed by atoms with E-state index in [4.69, 9.17) is 11.6 Å². The second kappa shape index (κ2) is 4.04. The monoisotopic (exact) mass is 224 g/mol. The number of hydrogen-bond donors (Lipinski definition) is 1. The van der Waals surface area contributed by atoms with E-state index in [0.717, 1.165) is 12.1 Å². The summed E-state index contributed by atoms with van der Waals surface area (Å²) >= 11 is 5.48. The standard InChI is InChI=1S/C8H8ClF3N2/c1-2-13-7-5(8(10,11)12)3-4-6(9)14-7/h3-4H,2H2,1H3,(H,13,14). The number of rotatable bonds is 2. The molecule has 0 amide bonds. The lowest BCUT2D eigenvalue weighted by atomic mass is 10.2. The fourth-order valence-corrected chi connectivity index (χ4v) is 1.11. The smallest absolute Gasteiger partial charge is 0.370 e. The molecule has 1 aromatic rings. The first kappa shape index (κ1) is 11.1. The summed E-state index contributed by atoms with van der Waals surface area (Å²) in [5.74, 6) is -0.229. The van der Waals surface area contributed by atoms with Crippen molar-refractivity contribution in [2.24, 2.45) is 0 Å². The molecule has 0 atom stereocenters. The first-order chi connectivity index (χ1) is 6.45. The van der Waals surface area contributed by atoms with E-state index in [1.165, 1.54) is 0 Å². The van der Waals surface area contributed by atoms with E-state index in [9.17, 15) is 13.2 Å². The Hall–Kier alpha value is -0.970. The predicted molar refractivity (Wildman–Crippen MR) is 48.4 cm³/mol. The van der Waals surface area contributed by atoms with Gasteiger partial charge < -0.3 is 5.32 Å². The molecule has 1 aromatic heterocycles. The third-order valence-corrected chi connectivity index (χ3v) is 1.72. The van der Waals surface area contributed by atoms with E-state index in [1.54, 1.807) is 6.92 Å². The zero-order chi connectivity index (χ0) is 10.8. The summed E-state index contributed by atoms with van der Waals surface area (Å²) in [4.78, 5) is 3.56. The minimum Gasteiger partial charge on any atom is -0.370 e. The number of alkyl halides is 3. The third-order valence-electron chi connectivity index (χ3n) is 1.51. The van der Waals surface area contributed by atoms with E-state index in [2.05, 4.69) is 10.3 Å². The van der Waals surface area contributed by atoms with Crippen molar-refractivity contribution in [1.82, 2.24) is 4.98 Å². The summed E-state index contributed by atoms with van der Waals surface area (Å²) in [6.45, 7) is 2.04. The highest BCUT2D eigenvalue weighted by Crippen LogP contribution is 2.34. The molecule has 1 rings (SSSR count). The molecule has 0 aliphatic rings. The Kier molecular flexibility index (Phi) is 3.21. The Balaban J connectivity index is 3.15. The van der Waals surface area contributed by atoms with Gasteiger partial charge in [0.2, 0.25) is 0 Å². The molecule has 0 fully saturated rings. The fraction of sp³-hybridized carbons (Fsp3) is 0.375. The molecule has 0 radical (unpaired) electrons. The summed E-state index contributed by atoms with van der Waals surface area (Å²) in [6, 6.07) is 2.03. The van der Waals surface area contributed by atoms with Crippen molar-refractivity contribution in [3.05, 3.63) is 22.8 Å². The van der Waals surface area contributed by atoms with Gasteiger partial charge in [0.25, 0.3) is 0 Å². The van der Waals surface area contributed by atoms with Gasteiger partial charge in [-0.1, -0.05) is 11.6 Å². The van der Waals surface area contributed by atoms with Crippen molar-refractivity contribution in [1.29, 1.82) is 0 Å². The second-order valence-electron chi connectivity index (χ2n) is 2.56. The molecular weight excluding hydrogens is 217 g/mol. The van der Waals surface area contributed by atoms with Crippen molar-refractivity contribution >= 4 is 17.4 Å². The average molecular weight is 225 g/mol. The quantitative estimate of drug-likeness (QED) is 0.781. The van der Waals surface area contributed by atoms with Crippen LogP contribution in [0.5, 0.6) is 0 Å². The number of halogens is 4. The summed E-state index contributed by atoms with van der Waals surface area (Å²) < 4.78 is 37.1. The van der Waals surface area contributed by atoms with Crippen LogP contribution in [0, 0.1) is 0 Å². The van der Waals surface area contributed by atoms with E-state index < -0.39 is 11.7 Å². The van der Waals surface area contributed by atoms with Gasteiger partial charge in [-0.05, 0) is 19.1 Å². The van der Waals surface area contributed by atoms with Gasteiger partial charge in [-0.3, -0.25) is 0 Å². The maximum absolute atomic E-state index is 12.4. The number of nitrogens with zero attached hydrogens (tertiary/aromatic N) is 1. The van der Waals surface area contributed by atoms with E-state index in [0.29, 0.717) is 6.54 Å². The molecule has 0 unspecified atom stereocenters. The number of aromatic nitrogens is 1. The molecule has 2 nitrogen and oxygen atoms in total. The summed E-state index contributed by atoms with van der Waals surface area (Å²) in [5, 5.41) is 2.54. The van der Waals surface area contributed by atoms with Crippen molar-refractivity contribution in [3.63, 3.8) is 0 Å². The normalized spacial score (nSPS) is 11.5. The van der Waals surface area contributed by atoms with E-state index in [1.807, 2.05) is 0 Å². The average Bonchev–Trinajstić information content (AvgIpc) is 2.02. The largest absolute Gasteiger partial charge is 0.419 e. The van der Waals surface area contributed by atoms with Crippen LogP contribution in [0.25, 0.3) is 0 Å². The van der Waals surface area contributed by atoms with Gasteiger partial charge in [-0.2, -0.15) is 13.2 Å². The maximum atomic E-state index is 12.4. The third kappa shape index (κ3) is 2.51. The number of anilines is 1. The van der Waals surface area contributed by atoms with Crippen molar-refractivity contribution in [3.8, 4) is 0 Å². The molecule has 78 valence electrons. The molecule has 0 aliphatic heterocycles. The van der Waals surface area contributed by atoms with Gasteiger partial charge in [0.05, 0.1) is 5.56 Å². The first-order valence-electron chi connectivity index (χ1n) is 3.92. The summed E-state index contributed by atoms with van der Waals surface area (Å²) in [6.07, 6.45) is -4.41. The lowest BCUT2D eigenvalue weighted by Crippen LogP contribution is -2.12. The second-order valence-corrected chi connectivity index (χ2v) is 2.95. The number of hydrogen-bond acceptors (Lipinski definition) is 2. The number of pyridine rings is 1. The lowest BCUT2D eigenvalue weighted by Gasteiger charge is -2.12. The highest BCUT2D eigenvalue weighted by Gasteiger charge is 2.34. The molecule has 6 heteroatoms. The molecular formula is C8H8ClF3N2. The Morgan fingerprint density at radius 2 is 2.07 bits per heavy atom. The maximum Gasteiger partial charge on any atom is 0.419 e. The van der Waals surface area contributed by atoms with E-state index >= 15 is 0 Å². The van der Waals surface area contributed by atoms with Crippen molar-refractivity contribution in [2.45, 2.75) is 13.1 Å². The van der Waals surface area contributed by atoms with Gasteiger partial charge >= 0.3 is 6.18 Å². The molecule has 0 aliphatic carbocycles. The van der Waals surface area contributed by atoms with Crippen molar-refractivity contribution in [2.75, 3.05) is 11.9 Å². The lowest BCUT2D eigenvalue weighted by molar-refractivity contribution is -0.137. The van der Waals surface area contributed by atoms with Crippen LogP contribution < -0.4 is 5.32 Å². The minimum atomic E-state index is -4.41. The molecule has 0 aromatic carbocycles. The molecule has 1 N–H and O–H groups in total. The van der Waals surface area contributed by atoms with Crippen LogP contribution in [0.1, 0.15) is 12.5 Å². The zero-order valence-electron chi connectivity index (χ0n) is 7.32. The zero-order valence-corrected chi connectivity index (χ0v) is 8.08. The van der Waals surface area contributed by atoms with Gasteiger partial charge in [0.15, 0.2) is 0 Å². The highest BCUT2D eigenvalue weighted by molar-refractivity contribution is 6.29. The van der Waals surface area contributed by atoms with Gasteiger partial charge in [0.1, 0.15) is 11.0 Å². The molecule has 0 bridgehead atoms. The van der Waals surface area contributed by atoms with Crippen LogP contribution in [-0.4, -0.2) is 11.5 Å². The molecule has 0 saturated heterocycles. The molecule has 0 spiro atoms. The molecule has 0 saturated carbocycles. The first-order valence-corrected chi connectivity index (χ1v) is 4.30. The molecule has 1 heterocycles. The Morgan fingerprint density at radius 1 is 1.43 bits per heavy atom. The highest BCUT2D eigenvalue weighted by atomic mass is 35.5. The fourth-order valence-electron chi connectivity index (χ4n) is 0.966. The Labute approximate surface area is 84.1 Å².